The fraction of sp³-hybridized carbons (Fsp3) is 0.667. The molecule has 0 aliphatic carbocycles. The van der Waals surface area contributed by atoms with Crippen molar-refractivity contribution >= 4 is 17.8 Å². The fourth-order valence-corrected chi connectivity index (χ4v) is 5.43. The van der Waals surface area contributed by atoms with Gasteiger partial charge in [-0.3, -0.25) is 4.90 Å². The number of hydrogen-bond donors (Lipinski definition) is 0. The second kappa shape index (κ2) is 8.89. The van der Waals surface area contributed by atoms with E-state index in [1.165, 1.54) is 6.07 Å². The molecule has 8 heteroatoms. The predicted molar refractivity (Wildman–Crippen MR) is 121 cm³/mol. The number of urea groups is 1. The average molecular weight is 447 g/mol. The van der Waals surface area contributed by atoms with E-state index in [9.17, 15) is 14.0 Å². The van der Waals surface area contributed by atoms with E-state index in [4.69, 9.17) is 4.74 Å². The maximum atomic E-state index is 14.1. The van der Waals surface area contributed by atoms with Crippen LogP contribution in [0, 0.1) is 11.7 Å². The topological polar surface area (TPSA) is 56.3 Å². The Kier molecular flexibility index (Phi) is 6.34. The quantitative estimate of drug-likeness (QED) is 0.713. The summed E-state index contributed by atoms with van der Waals surface area (Å²) in [4.78, 5) is 32.6. The summed E-state index contributed by atoms with van der Waals surface area (Å²) in [5.74, 6) is 0.202. The van der Waals surface area contributed by atoms with Crippen LogP contribution in [0.2, 0.25) is 0 Å². The highest BCUT2D eigenvalue weighted by molar-refractivity contribution is 5.95. The lowest BCUT2D eigenvalue weighted by atomic mass is 9.74. The lowest BCUT2D eigenvalue weighted by Gasteiger charge is -2.40. The van der Waals surface area contributed by atoms with Crippen molar-refractivity contribution in [3.8, 4) is 0 Å². The maximum Gasteiger partial charge on any atom is 0.410 e. The summed E-state index contributed by atoms with van der Waals surface area (Å²) in [6, 6.07) is 4.76. The number of piperidine rings is 1. The van der Waals surface area contributed by atoms with Gasteiger partial charge in [-0.2, -0.15) is 0 Å². The van der Waals surface area contributed by atoms with Gasteiger partial charge in [-0.25, -0.2) is 14.0 Å². The number of ether oxygens (including phenoxy) is 1. The molecule has 0 bridgehead atoms. The molecule has 3 aliphatic rings. The molecule has 1 aromatic carbocycles. The summed E-state index contributed by atoms with van der Waals surface area (Å²) in [6.45, 7) is 8.62. The number of likely N-dealkylation sites (tertiary alicyclic amines) is 2. The largest absolute Gasteiger partial charge is 0.447 e. The predicted octanol–water partition coefficient (Wildman–Crippen LogP) is 3.53. The minimum atomic E-state index is -0.246. The van der Waals surface area contributed by atoms with Gasteiger partial charge in [0.25, 0.3) is 0 Å². The number of benzene rings is 1. The van der Waals surface area contributed by atoms with Gasteiger partial charge in [0, 0.05) is 51.4 Å². The van der Waals surface area contributed by atoms with Crippen molar-refractivity contribution in [3.63, 3.8) is 0 Å². The van der Waals surface area contributed by atoms with Crippen molar-refractivity contribution in [2.75, 3.05) is 58.3 Å². The van der Waals surface area contributed by atoms with Crippen LogP contribution in [0.4, 0.5) is 19.7 Å². The molecule has 1 atom stereocenters. The molecular weight excluding hydrogens is 411 g/mol. The number of rotatable bonds is 3. The molecule has 2 saturated heterocycles. The van der Waals surface area contributed by atoms with Crippen LogP contribution in [0.3, 0.4) is 0 Å². The maximum absolute atomic E-state index is 14.1. The lowest BCUT2D eigenvalue weighted by molar-refractivity contribution is 0.0812. The van der Waals surface area contributed by atoms with Crippen molar-refractivity contribution in [1.82, 2.24) is 14.7 Å². The molecule has 0 unspecified atom stereocenters. The van der Waals surface area contributed by atoms with Crippen LogP contribution in [-0.4, -0.2) is 86.3 Å². The van der Waals surface area contributed by atoms with E-state index in [0.29, 0.717) is 12.5 Å². The smallest absolute Gasteiger partial charge is 0.410 e. The molecule has 1 spiro atoms. The molecule has 176 valence electrons. The van der Waals surface area contributed by atoms with Gasteiger partial charge in [-0.05, 0) is 75.9 Å². The second-order valence-electron chi connectivity index (χ2n) is 10.0. The van der Waals surface area contributed by atoms with Gasteiger partial charge >= 0.3 is 12.1 Å². The van der Waals surface area contributed by atoms with Gasteiger partial charge in [0.1, 0.15) is 5.82 Å². The Bertz CT molecular complexity index is 867. The molecule has 3 amide bonds. The molecule has 0 saturated carbocycles. The van der Waals surface area contributed by atoms with Crippen LogP contribution >= 0.6 is 0 Å². The molecule has 2 fully saturated rings. The third-order valence-electron chi connectivity index (χ3n) is 7.11. The van der Waals surface area contributed by atoms with Crippen LogP contribution < -0.4 is 4.90 Å². The molecule has 0 radical (unpaired) electrons. The minimum absolute atomic E-state index is 0.0588. The van der Waals surface area contributed by atoms with Crippen LogP contribution in [0.15, 0.2) is 18.2 Å². The number of carbonyl (C=O) groups excluding carboxylic acids is 2. The first-order valence-corrected chi connectivity index (χ1v) is 11.7. The van der Waals surface area contributed by atoms with Crippen LogP contribution in [-0.2, 0) is 10.2 Å². The number of carbonyl (C=O) groups is 2. The van der Waals surface area contributed by atoms with Crippen molar-refractivity contribution < 1.29 is 18.7 Å². The highest BCUT2D eigenvalue weighted by Gasteiger charge is 2.47. The zero-order valence-corrected chi connectivity index (χ0v) is 19.6. The molecule has 4 rings (SSSR count). The second-order valence-corrected chi connectivity index (χ2v) is 10.0. The van der Waals surface area contributed by atoms with Crippen LogP contribution in [0.5, 0.6) is 0 Å². The molecule has 0 aromatic heterocycles. The Balaban J connectivity index is 1.39. The molecular formula is C24H35FN4O3. The highest BCUT2D eigenvalue weighted by atomic mass is 19.1. The van der Waals surface area contributed by atoms with Gasteiger partial charge < -0.3 is 19.4 Å². The zero-order valence-electron chi connectivity index (χ0n) is 19.6. The van der Waals surface area contributed by atoms with Crippen molar-refractivity contribution in [2.45, 2.75) is 44.6 Å². The number of nitrogens with zero attached hydrogens (tertiary/aromatic N) is 4. The first-order valence-electron chi connectivity index (χ1n) is 11.7. The number of anilines is 1. The molecule has 3 heterocycles. The van der Waals surface area contributed by atoms with Crippen molar-refractivity contribution in [3.05, 3.63) is 29.6 Å². The Labute approximate surface area is 190 Å². The van der Waals surface area contributed by atoms with Gasteiger partial charge in [0.15, 0.2) is 0 Å². The fourth-order valence-electron chi connectivity index (χ4n) is 5.43. The Morgan fingerprint density at radius 3 is 2.59 bits per heavy atom. The summed E-state index contributed by atoms with van der Waals surface area (Å²) in [6.07, 6.45) is 2.47. The van der Waals surface area contributed by atoms with Gasteiger partial charge in [0.05, 0.1) is 6.10 Å². The minimum Gasteiger partial charge on any atom is -0.447 e. The Hall–Kier alpha value is -2.35. The van der Waals surface area contributed by atoms with E-state index in [1.54, 1.807) is 36.0 Å². The summed E-state index contributed by atoms with van der Waals surface area (Å²) in [5.41, 5.74) is 1.62. The average Bonchev–Trinajstić information content (AvgIpc) is 3.32. The van der Waals surface area contributed by atoms with Gasteiger partial charge in [0.2, 0.25) is 0 Å². The monoisotopic (exact) mass is 446 g/mol. The van der Waals surface area contributed by atoms with E-state index >= 15 is 0 Å². The Morgan fingerprint density at radius 1 is 1.22 bits per heavy atom. The number of amides is 3. The summed E-state index contributed by atoms with van der Waals surface area (Å²) in [7, 11) is 3.50. The molecule has 0 N–H and O–H groups in total. The lowest BCUT2D eigenvalue weighted by Crippen LogP contribution is -2.48. The molecule has 7 nitrogen and oxygen atoms in total. The number of fused-ring (bicyclic) bond motifs is 2. The molecule has 32 heavy (non-hydrogen) atoms. The molecule has 1 aromatic rings. The van der Waals surface area contributed by atoms with E-state index in [2.05, 4.69) is 4.90 Å². The third kappa shape index (κ3) is 4.42. The SMILES string of the molecule is CC(C)OC(=O)N1CC[C@H](CN2CCC3(CC2)CN(C(=O)N(C)C)c2ccc(F)cc23)C1. The third-order valence-corrected chi connectivity index (χ3v) is 7.11. The van der Waals surface area contributed by atoms with E-state index < -0.39 is 0 Å². The van der Waals surface area contributed by atoms with Crippen molar-refractivity contribution in [1.29, 1.82) is 0 Å². The van der Waals surface area contributed by atoms with Gasteiger partial charge in [-0.15, -0.1) is 0 Å². The highest BCUT2D eigenvalue weighted by Crippen LogP contribution is 2.47. The van der Waals surface area contributed by atoms with E-state index in [-0.39, 0.29) is 29.5 Å². The summed E-state index contributed by atoms with van der Waals surface area (Å²) >= 11 is 0. The van der Waals surface area contributed by atoms with E-state index in [1.807, 2.05) is 18.7 Å². The first-order chi connectivity index (χ1) is 15.2. The summed E-state index contributed by atoms with van der Waals surface area (Å²) < 4.78 is 19.5. The first kappa shape index (κ1) is 22.8. The van der Waals surface area contributed by atoms with Crippen LogP contribution in [0.1, 0.15) is 38.7 Å². The summed E-state index contributed by atoms with van der Waals surface area (Å²) in [5, 5.41) is 0. The molecule has 3 aliphatic heterocycles. The normalized spacial score (nSPS) is 22.5. The Morgan fingerprint density at radius 2 is 1.94 bits per heavy atom. The van der Waals surface area contributed by atoms with Gasteiger partial charge in [-0.1, -0.05) is 0 Å². The number of halogens is 1. The van der Waals surface area contributed by atoms with E-state index in [0.717, 1.165) is 63.2 Å². The number of hydrogen-bond acceptors (Lipinski definition) is 4. The van der Waals surface area contributed by atoms with Crippen molar-refractivity contribution in [2.24, 2.45) is 5.92 Å². The standard InChI is InChI=1S/C24H35FN4O3/c1-17(2)32-23(31)28-10-7-18(15-28)14-27-11-8-24(9-12-27)16-29(22(30)26(3)4)21-6-5-19(25)13-20(21)24/h5-6,13,17-18H,7-12,14-16H2,1-4H3/t18-/m1/s1. The zero-order chi connectivity index (χ0) is 23.0. The van der Waals surface area contributed by atoms with Crippen LogP contribution in [0.25, 0.3) is 0 Å².